The van der Waals surface area contributed by atoms with Gasteiger partial charge in [-0.1, -0.05) is 0 Å². The normalized spacial score (nSPS) is 16.2. The van der Waals surface area contributed by atoms with Crippen LogP contribution in [0.5, 0.6) is 0 Å². The molecule has 6 nitrogen and oxygen atoms in total. The summed E-state index contributed by atoms with van der Waals surface area (Å²) in [7, 11) is 0. The van der Waals surface area contributed by atoms with Crippen LogP contribution in [-0.2, 0) is 16.1 Å². The molecule has 0 radical (unpaired) electrons. The van der Waals surface area contributed by atoms with E-state index in [0.717, 1.165) is 32.5 Å². The van der Waals surface area contributed by atoms with Crippen LogP contribution in [0.2, 0.25) is 0 Å². The van der Waals surface area contributed by atoms with Crippen molar-refractivity contribution < 1.29 is 9.59 Å². The maximum absolute atomic E-state index is 12.0. The number of carbonyl (C=O) groups is 2. The summed E-state index contributed by atoms with van der Waals surface area (Å²) in [6.07, 6.45) is 4.15. The standard InChI is InChI=1S/C14H22N4O2/c1-3-18-9-6-13(16-18)15-14(20)10-12-4-7-17(8-5-12)11(2)19/h6,9,12H,3-5,7-8,10H2,1-2H3,(H,15,16,20). The molecule has 1 N–H and O–H groups in total. The van der Waals surface area contributed by atoms with Gasteiger partial charge in [-0.25, -0.2) is 0 Å². The fourth-order valence-corrected chi connectivity index (χ4v) is 2.51. The maximum atomic E-state index is 12.0. The Labute approximate surface area is 119 Å². The van der Waals surface area contributed by atoms with Crippen molar-refractivity contribution in [1.29, 1.82) is 0 Å². The molecule has 20 heavy (non-hydrogen) atoms. The van der Waals surface area contributed by atoms with Crippen molar-refractivity contribution in [2.45, 2.75) is 39.7 Å². The van der Waals surface area contributed by atoms with Gasteiger partial charge in [0.25, 0.3) is 0 Å². The van der Waals surface area contributed by atoms with Crippen LogP contribution < -0.4 is 5.32 Å². The molecule has 2 heterocycles. The zero-order valence-electron chi connectivity index (χ0n) is 12.1. The molecule has 0 atom stereocenters. The van der Waals surface area contributed by atoms with Gasteiger partial charge in [-0.05, 0) is 25.7 Å². The maximum Gasteiger partial charge on any atom is 0.225 e. The van der Waals surface area contributed by atoms with Crippen LogP contribution in [0.25, 0.3) is 0 Å². The van der Waals surface area contributed by atoms with Crippen LogP contribution in [0.1, 0.15) is 33.1 Å². The van der Waals surface area contributed by atoms with E-state index in [9.17, 15) is 9.59 Å². The number of nitrogens with zero attached hydrogens (tertiary/aromatic N) is 3. The molecule has 0 aromatic carbocycles. The average Bonchev–Trinajstić information content (AvgIpc) is 2.86. The number of likely N-dealkylation sites (tertiary alicyclic amines) is 1. The molecule has 0 aliphatic carbocycles. The smallest absolute Gasteiger partial charge is 0.225 e. The Bertz CT molecular complexity index is 475. The second-order valence-electron chi connectivity index (χ2n) is 5.26. The molecule has 6 heteroatoms. The monoisotopic (exact) mass is 278 g/mol. The Hall–Kier alpha value is -1.85. The molecule has 1 aliphatic heterocycles. The third kappa shape index (κ3) is 3.82. The second-order valence-corrected chi connectivity index (χ2v) is 5.26. The highest BCUT2D eigenvalue weighted by Gasteiger charge is 2.22. The van der Waals surface area contributed by atoms with Crippen LogP contribution in [0.4, 0.5) is 5.82 Å². The minimum absolute atomic E-state index is 0.00706. The van der Waals surface area contributed by atoms with Gasteiger partial charge in [-0.3, -0.25) is 14.3 Å². The topological polar surface area (TPSA) is 67.2 Å². The molecule has 0 unspecified atom stereocenters. The van der Waals surface area contributed by atoms with Crippen LogP contribution >= 0.6 is 0 Å². The van der Waals surface area contributed by atoms with E-state index in [-0.39, 0.29) is 11.8 Å². The lowest BCUT2D eigenvalue weighted by Gasteiger charge is -2.30. The van der Waals surface area contributed by atoms with E-state index in [2.05, 4.69) is 10.4 Å². The number of amides is 2. The van der Waals surface area contributed by atoms with Gasteiger partial charge in [0, 0.05) is 45.2 Å². The summed E-state index contributed by atoms with van der Waals surface area (Å²) in [6.45, 7) is 5.91. The fraction of sp³-hybridized carbons (Fsp3) is 0.643. The molecule has 1 fully saturated rings. The largest absolute Gasteiger partial charge is 0.343 e. The lowest BCUT2D eigenvalue weighted by molar-refractivity contribution is -0.130. The van der Waals surface area contributed by atoms with Gasteiger partial charge >= 0.3 is 0 Å². The van der Waals surface area contributed by atoms with Crippen molar-refractivity contribution in [2.75, 3.05) is 18.4 Å². The minimum Gasteiger partial charge on any atom is -0.343 e. The van der Waals surface area contributed by atoms with E-state index in [1.54, 1.807) is 17.7 Å². The highest BCUT2D eigenvalue weighted by Crippen LogP contribution is 2.21. The number of rotatable bonds is 4. The summed E-state index contributed by atoms with van der Waals surface area (Å²) in [5, 5.41) is 7.06. The summed E-state index contributed by atoms with van der Waals surface area (Å²) >= 11 is 0. The Kier molecular flexibility index (Phi) is 4.76. The Balaban J connectivity index is 1.76. The first-order valence-electron chi connectivity index (χ1n) is 7.17. The molecule has 1 saturated heterocycles. The van der Waals surface area contributed by atoms with Crippen molar-refractivity contribution in [2.24, 2.45) is 5.92 Å². The molecule has 0 spiro atoms. The number of nitrogens with one attached hydrogen (secondary N) is 1. The number of carbonyl (C=O) groups excluding carboxylic acids is 2. The molecule has 110 valence electrons. The van der Waals surface area contributed by atoms with E-state index in [1.807, 2.05) is 18.0 Å². The van der Waals surface area contributed by atoms with E-state index in [4.69, 9.17) is 0 Å². The summed E-state index contributed by atoms with van der Waals surface area (Å²) in [5.41, 5.74) is 0. The number of hydrogen-bond donors (Lipinski definition) is 1. The van der Waals surface area contributed by atoms with E-state index in [1.165, 1.54) is 0 Å². The second kappa shape index (κ2) is 6.54. The summed E-state index contributed by atoms with van der Waals surface area (Å²) in [5.74, 6) is 1.10. The van der Waals surface area contributed by atoms with E-state index < -0.39 is 0 Å². The van der Waals surface area contributed by atoms with Gasteiger partial charge in [0.2, 0.25) is 11.8 Å². The molecule has 1 aromatic rings. The highest BCUT2D eigenvalue weighted by atomic mass is 16.2. The number of aromatic nitrogens is 2. The predicted octanol–water partition coefficient (Wildman–Crippen LogP) is 1.49. The first-order chi connectivity index (χ1) is 9.58. The number of piperidine rings is 1. The predicted molar refractivity (Wildman–Crippen MR) is 76.1 cm³/mol. The number of aryl methyl sites for hydroxylation is 1. The number of anilines is 1. The molecule has 2 amide bonds. The van der Waals surface area contributed by atoms with E-state index in [0.29, 0.717) is 18.2 Å². The first-order valence-corrected chi connectivity index (χ1v) is 7.17. The Morgan fingerprint density at radius 3 is 2.65 bits per heavy atom. The fourth-order valence-electron chi connectivity index (χ4n) is 2.51. The van der Waals surface area contributed by atoms with Crippen molar-refractivity contribution >= 4 is 17.6 Å². The van der Waals surface area contributed by atoms with Crippen molar-refractivity contribution in [3.05, 3.63) is 12.3 Å². The van der Waals surface area contributed by atoms with Crippen LogP contribution in [0.15, 0.2) is 12.3 Å². The zero-order chi connectivity index (χ0) is 14.5. The third-order valence-electron chi connectivity index (χ3n) is 3.77. The molecule has 2 rings (SSSR count). The molecule has 0 saturated carbocycles. The van der Waals surface area contributed by atoms with Gasteiger partial charge in [-0.15, -0.1) is 0 Å². The van der Waals surface area contributed by atoms with Gasteiger partial charge in [0.05, 0.1) is 0 Å². The Morgan fingerprint density at radius 2 is 2.10 bits per heavy atom. The van der Waals surface area contributed by atoms with Crippen molar-refractivity contribution in [3.63, 3.8) is 0 Å². The van der Waals surface area contributed by atoms with Crippen LogP contribution in [0, 0.1) is 5.92 Å². The first kappa shape index (κ1) is 14.6. The van der Waals surface area contributed by atoms with Gasteiger partial charge < -0.3 is 10.2 Å². The molecule has 1 aromatic heterocycles. The summed E-state index contributed by atoms with van der Waals surface area (Å²) in [4.78, 5) is 25.0. The van der Waals surface area contributed by atoms with Crippen LogP contribution in [0.3, 0.4) is 0 Å². The Morgan fingerprint density at radius 1 is 1.40 bits per heavy atom. The molecule has 1 aliphatic rings. The van der Waals surface area contributed by atoms with Gasteiger partial charge in [0.15, 0.2) is 5.82 Å². The molecular formula is C14H22N4O2. The van der Waals surface area contributed by atoms with Crippen molar-refractivity contribution in [1.82, 2.24) is 14.7 Å². The van der Waals surface area contributed by atoms with Gasteiger partial charge in [0.1, 0.15) is 0 Å². The minimum atomic E-state index is 0.00706. The zero-order valence-corrected chi connectivity index (χ0v) is 12.1. The summed E-state index contributed by atoms with van der Waals surface area (Å²) < 4.78 is 1.78. The van der Waals surface area contributed by atoms with Gasteiger partial charge in [-0.2, -0.15) is 5.10 Å². The number of hydrogen-bond acceptors (Lipinski definition) is 3. The average molecular weight is 278 g/mol. The lowest BCUT2D eigenvalue weighted by Crippen LogP contribution is -2.37. The highest BCUT2D eigenvalue weighted by molar-refractivity contribution is 5.89. The van der Waals surface area contributed by atoms with E-state index >= 15 is 0 Å². The quantitative estimate of drug-likeness (QED) is 0.907. The lowest BCUT2D eigenvalue weighted by atomic mass is 9.93. The molecule has 0 bridgehead atoms. The van der Waals surface area contributed by atoms with Crippen LogP contribution in [-0.4, -0.2) is 39.6 Å². The third-order valence-corrected chi connectivity index (χ3v) is 3.77. The summed E-state index contributed by atoms with van der Waals surface area (Å²) in [6, 6.07) is 1.81. The molecular weight excluding hydrogens is 256 g/mol. The van der Waals surface area contributed by atoms with Crippen molar-refractivity contribution in [3.8, 4) is 0 Å². The SMILES string of the molecule is CCn1ccc(NC(=O)CC2CCN(C(C)=O)CC2)n1.